The molecule has 6 nitrogen and oxygen atoms in total. The summed E-state index contributed by atoms with van der Waals surface area (Å²) in [5.74, 6) is -0.239. The molecule has 0 saturated carbocycles. The van der Waals surface area contributed by atoms with Crippen molar-refractivity contribution in [1.82, 2.24) is 14.9 Å². The molecule has 1 saturated heterocycles. The molecule has 3 heterocycles. The van der Waals surface area contributed by atoms with E-state index in [2.05, 4.69) is 14.9 Å². The van der Waals surface area contributed by atoms with Crippen molar-refractivity contribution in [3.8, 4) is 0 Å². The first-order valence-electron chi connectivity index (χ1n) is 8.81. The number of pyridine rings is 2. The fraction of sp³-hybridized carbons (Fsp3) is 0.250. The van der Waals surface area contributed by atoms with E-state index in [1.54, 1.807) is 23.2 Å². The van der Waals surface area contributed by atoms with Crippen molar-refractivity contribution in [3.63, 3.8) is 0 Å². The van der Waals surface area contributed by atoms with Gasteiger partial charge >= 0.3 is 0 Å². The Morgan fingerprint density at radius 1 is 1.11 bits per heavy atom. The Bertz CT molecular complexity index is 1050. The van der Waals surface area contributed by atoms with Crippen molar-refractivity contribution in [2.24, 2.45) is 0 Å². The van der Waals surface area contributed by atoms with Crippen LogP contribution in [0.2, 0.25) is 5.02 Å². The maximum Gasteiger partial charge on any atom is 0.261 e. The molecule has 0 atom stereocenters. The zero-order chi connectivity index (χ0) is 19.0. The predicted molar refractivity (Wildman–Crippen MR) is 107 cm³/mol. The molecular weight excluding hydrogens is 364 g/mol. The minimum atomic E-state index is -0.363. The summed E-state index contributed by atoms with van der Waals surface area (Å²) >= 11 is 5.94. The van der Waals surface area contributed by atoms with Crippen LogP contribution >= 0.6 is 11.6 Å². The molecule has 4 rings (SSSR count). The topological polar surface area (TPSA) is 69.3 Å². The number of fused-ring (bicyclic) bond motifs is 1. The highest BCUT2D eigenvalue weighted by molar-refractivity contribution is 6.30. The lowest BCUT2D eigenvalue weighted by Crippen LogP contribution is -2.49. The predicted octanol–water partition coefficient (Wildman–Crippen LogP) is 2.85. The number of amides is 1. The van der Waals surface area contributed by atoms with E-state index in [9.17, 15) is 9.59 Å². The number of hydrogen-bond donors (Lipinski definition) is 1. The molecule has 1 N–H and O–H groups in total. The third-order valence-electron chi connectivity index (χ3n) is 4.96. The highest BCUT2D eigenvalue weighted by Gasteiger charge is 2.24. The zero-order valence-electron chi connectivity index (χ0n) is 14.9. The number of H-pyrrole nitrogens is 1. The van der Waals surface area contributed by atoms with Crippen LogP contribution < -0.4 is 10.5 Å². The van der Waals surface area contributed by atoms with Crippen LogP contribution in [0.3, 0.4) is 0 Å². The van der Waals surface area contributed by atoms with Gasteiger partial charge in [-0.2, -0.15) is 0 Å². The van der Waals surface area contributed by atoms with E-state index in [1.807, 2.05) is 31.2 Å². The number of aromatic nitrogens is 2. The first-order valence-corrected chi connectivity index (χ1v) is 9.19. The third-order valence-corrected chi connectivity index (χ3v) is 5.21. The summed E-state index contributed by atoms with van der Waals surface area (Å²) in [5, 5.41) is 1.49. The van der Waals surface area contributed by atoms with Gasteiger partial charge in [-0.3, -0.25) is 14.6 Å². The first-order chi connectivity index (χ1) is 13.0. The van der Waals surface area contributed by atoms with Crippen LogP contribution in [0.15, 0.2) is 47.4 Å². The summed E-state index contributed by atoms with van der Waals surface area (Å²) in [6.07, 6.45) is 1.64. The van der Waals surface area contributed by atoms with Crippen molar-refractivity contribution >= 4 is 34.1 Å². The van der Waals surface area contributed by atoms with Gasteiger partial charge in [-0.25, -0.2) is 0 Å². The molecule has 27 heavy (non-hydrogen) atoms. The second kappa shape index (κ2) is 7.04. The van der Waals surface area contributed by atoms with Crippen LogP contribution in [0.1, 0.15) is 16.1 Å². The minimum Gasteiger partial charge on any atom is -0.368 e. The number of rotatable bonds is 2. The number of halogens is 1. The second-order valence-electron chi connectivity index (χ2n) is 6.63. The molecule has 1 aliphatic rings. The van der Waals surface area contributed by atoms with Crippen molar-refractivity contribution in [2.45, 2.75) is 6.92 Å². The standard InChI is InChI=1S/C20H19ClN4O2/c1-13-16-12-17(19(26)23-18(16)6-7-22-13)20(27)25-10-8-24(9-11-25)15-4-2-14(21)3-5-15/h2-7,12H,8-11H2,1H3,(H,23,26). The number of aryl methyl sites for hydroxylation is 1. The molecule has 7 heteroatoms. The molecule has 1 amide bonds. The molecule has 1 aliphatic heterocycles. The Hall–Kier alpha value is -2.86. The molecule has 138 valence electrons. The van der Waals surface area contributed by atoms with Gasteiger partial charge in [0.2, 0.25) is 0 Å². The monoisotopic (exact) mass is 382 g/mol. The Morgan fingerprint density at radius 2 is 1.81 bits per heavy atom. The highest BCUT2D eigenvalue weighted by atomic mass is 35.5. The van der Waals surface area contributed by atoms with Gasteiger partial charge in [-0.15, -0.1) is 0 Å². The summed E-state index contributed by atoms with van der Waals surface area (Å²) in [6.45, 7) is 4.40. The molecular formula is C20H19ClN4O2. The molecule has 1 aromatic carbocycles. The second-order valence-corrected chi connectivity index (χ2v) is 7.06. The fourth-order valence-electron chi connectivity index (χ4n) is 3.42. The summed E-state index contributed by atoms with van der Waals surface area (Å²) in [7, 11) is 0. The van der Waals surface area contributed by atoms with Crippen LogP contribution in [0, 0.1) is 6.92 Å². The van der Waals surface area contributed by atoms with Crippen LogP contribution in [0.4, 0.5) is 5.69 Å². The summed E-state index contributed by atoms with van der Waals surface area (Å²) < 4.78 is 0. The van der Waals surface area contributed by atoms with E-state index in [0.29, 0.717) is 36.7 Å². The highest BCUT2D eigenvalue weighted by Crippen LogP contribution is 2.20. The van der Waals surface area contributed by atoms with Gasteiger partial charge < -0.3 is 14.8 Å². The number of nitrogens with one attached hydrogen (secondary N) is 1. The van der Waals surface area contributed by atoms with E-state index in [0.717, 1.165) is 16.8 Å². The average molecular weight is 383 g/mol. The summed E-state index contributed by atoms with van der Waals surface area (Å²) in [5.41, 5.74) is 2.36. The number of carbonyl (C=O) groups is 1. The van der Waals surface area contributed by atoms with E-state index < -0.39 is 0 Å². The van der Waals surface area contributed by atoms with E-state index >= 15 is 0 Å². The van der Waals surface area contributed by atoms with Gasteiger partial charge in [0.25, 0.3) is 11.5 Å². The molecule has 0 aliphatic carbocycles. The zero-order valence-corrected chi connectivity index (χ0v) is 15.7. The largest absolute Gasteiger partial charge is 0.368 e. The number of piperazine rings is 1. The maximum absolute atomic E-state index is 12.9. The van der Waals surface area contributed by atoms with Crippen LogP contribution in [-0.4, -0.2) is 47.0 Å². The maximum atomic E-state index is 12.9. The van der Waals surface area contributed by atoms with Gasteiger partial charge in [0.15, 0.2) is 0 Å². The number of hydrogen-bond acceptors (Lipinski definition) is 4. The smallest absolute Gasteiger partial charge is 0.261 e. The summed E-state index contributed by atoms with van der Waals surface area (Å²) in [6, 6.07) is 11.1. The van der Waals surface area contributed by atoms with Crippen molar-refractivity contribution in [2.75, 3.05) is 31.1 Å². The van der Waals surface area contributed by atoms with Crippen LogP contribution in [0.25, 0.3) is 10.9 Å². The Kier molecular flexibility index (Phi) is 4.58. The molecule has 3 aromatic rings. The Morgan fingerprint density at radius 3 is 2.52 bits per heavy atom. The molecule has 0 radical (unpaired) electrons. The average Bonchev–Trinajstić information content (AvgIpc) is 2.68. The number of benzene rings is 1. The fourth-order valence-corrected chi connectivity index (χ4v) is 3.54. The summed E-state index contributed by atoms with van der Waals surface area (Å²) in [4.78, 5) is 36.3. The van der Waals surface area contributed by atoms with Gasteiger partial charge in [0.1, 0.15) is 5.56 Å². The quantitative estimate of drug-likeness (QED) is 0.740. The third kappa shape index (κ3) is 3.40. The van der Waals surface area contributed by atoms with Gasteiger partial charge in [0, 0.05) is 54.2 Å². The molecule has 2 aromatic heterocycles. The lowest BCUT2D eigenvalue weighted by Gasteiger charge is -2.36. The lowest BCUT2D eigenvalue weighted by molar-refractivity contribution is 0.0745. The van der Waals surface area contributed by atoms with Crippen molar-refractivity contribution < 1.29 is 4.79 Å². The number of nitrogens with zero attached hydrogens (tertiary/aromatic N) is 3. The minimum absolute atomic E-state index is 0.165. The van der Waals surface area contributed by atoms with Crippen LogP contribution in [0.5, 0.6) is 0 Å². The van der Waals surface area contributed by atoms with Crippen LogP contribution in [-0.2, 0) is 0 Å². The molecule has 0 unspecified atom stereocenters. The Labute approximate surface area is 161 Å². The van der Waals surface area contributed by atoms with Crippen molar-refractivity contribution in [3.05, 3.63) is 69.2 Å². The SMILES string of the molecule is Cc1nccc2[nH]c(=O)c(C(=O)N3CCN(c4ccc(Cl)cc4)CC3)cc12. The van der Waals surface area contributed by atoms with Gasteiger partial charge in [-0.05, 0) is 43.3 Å². The Balaban J connectivity index is 1.53. The van der Waals surface area contributed by atoms with E-state index in [1.165, 1.54) is 0 Å². The van der Waals surface area contributed by atoms with Gasteiger partial charge in [-0.1, -0.05) is 11.6 Å². The first kappa shape index (κ1) is 17.5. The number of anilines is 1. The molecule has 1 fully saturated rings. The van der Waals surface area contributed by atoms with Gasteiger partial charge in [0.05, 0.1) is 5.52 Å². The van der Waals surface area contributed by atoms with Crippen molar-refractivity contribution in [1.29, 1.82) is 0 Å². The lowest BCUT2D eigenvalue weighted by atomic mass is 10.1. The number of aromatic amines is 1. The molecule has 0 bridgehead atoms. The number of carbonyl (C=O) groups excluding carboxylic acids is 1. The van der Waals surface area contributed by atoms with E-state index in [4.69, 9.17) is 11.6 Å². The normalized spacial score (nSPS) is 14.6. The van der Waals surface area contributed by atoms with E-state index in [-0.39, 0.29) is 17.0 Å². The molecule has 0 spiro atoms.